The lowest BCUT2D eigenvalue weighted by Gasteiger charge is -2.32. The van der Waals surface area contributed by atoms with Gasteiger partial charge in [-0.3, -0.25) is 24.6 Å². The number of amides is 3. The summed E-state index contributed by atoms with van der Waals surface area (Å²) in [6, 6.07) is 20.8. The summed E-state index contributed by atoms with van der Waals surface area (Å²) >= 11 is 0. The van der Waals surface area contributed by atoms with Crippen LogP contribution in [0.5, 0.6) is 0 Å². The lowest BCUT2D eigenvalue weighted by atomic mass is 9.85. The van der Waals surface area contributed by atoms with Crippen LogP contribution in [-0.2, 0) is 16.1 Å². The van der Waals surface area contributed by atoms with Crippen LogP contribution in [0.3, 0.4) is 0 Å². The molecular formula is C29H31N3O3. The first-order valence-corrected chi connectivity index (χ1v) is 12.4. The summed E-state index contributed by atoms with van der Waals surface area (Å²) in [5, 5.41) is 4.38. The number of hydrogen-bond acceptors (Lipinski definition) is 4. The number of piperidine rings is 1. The molecule has 3 aromatic carbocycles. The van der Waals surface area contributed by atoms with Gasteiger partial charge in [0.1, 0.15) is 0 Å². The number of nitrogens with one attached hydrogen (secondary N) is 1. The van der Waals surface area contributed by atoms with Crippen LogP contribution in [0.2, 0.25) is 0 Å². The van der Waals surface area contributed by atoms with E-state index in [1.165, 1.54) is 16.5 Å². The zero-order valence-electron chi connectivity index (χ0n) is 20.1. The van der Waals surface area contributed by atoms with Gasteiger partial charge in [-0.2, -0.15) is 0 Å². The largest absolute Gasteiger partial charge is 0.305 e. The Morgan fingerprint density at radius 2 is 1.83 bits per heavy atom. The van der Waals surface area contributed by atoms with Crippen LogP contribution in [0.4, 0.5) is 5.69 Å². The van der Waals surface area contributed by atoms with Crippen LogP contribution in [0.15, 0.2) is 60.7 Å². The van der Waals surface area contributed by atoms with Crippen LogP contribution in [0.1, 0.15) is 60.0 Å². The van der Waals surface area contributed by atoms with Gasteiger partial charge < -0.3 is 4.90 Å². The third kappa shape index (κ3) is 4.58. The highest BCUT2D eigenvalue weighted by Gasteiger charge is 2.34. The molecule has 2 aliphatic heterocycles. The van der Waals surface area contributed by atoms with Gasteiger partial charge in [-0.25, -0.2) is 0 Å². The molecule has 180 valence electrons. The second-order valence-corrected chi connectivity index (χ2v) is 9.69. The third-order valence-corrected chi connectivity index (χ3v) is 7.49. The molecule has 0 saturated carbocycles. The van der Waals surface area contributed by atoms with Crippen molar-refractivity contribution in [3.05, 3.63) is 77.4 Å². The highest BCUT2D eigenvalue weighted by Crippen LogP contribution is 2.43. The molecule has 1 fully saturated rings. The fourth-order valence-electron chi connectivity index (χ4n) is 5.67. The minimum Gasteiger partial charge on any atom is -0.305 e. The molecule has 2 aliphatic rings. The van der Waals surface area contributed by atoms with E-state index in [-0.39, 0.29) is 24.3 Å². The molecule has 3 amide bonds. The number of imide groups is 1. The van der Waals surface area contributed by atoms with Crippen molar-refractivity contribution in [1.29, 1.82) is 0 Å². The summed E-state index contributed by atoms with van der Waals surface area (Å²) < 4.78 is 0. The smallest absolute Gasteiger partial charge is 0.259 e. The average Bonchev–Trinajstić information content (AvgIpc) is 3.17. The van der Waals surface area contributed by atoms with E-state index in [1.54, 1.807) is 0 Å². The molecule has 3 aromatic rings. The number of carbonyl (C=O) groups is 3. The Bertz CT molecular complexity index is 1250. The van der Waals surface area contributed by atoms with Gasteiger partial charge in [0.2, 0.25) is 12.3 Å². The molecule has 1 N–H and O–H groups in total. The molecule has 1 saturated heterocycles. The monoisotopic (exact) mass is 469 g/mol. The fraction of sp³-hybridized carbons (Fsp3) is 0.345. The predicted octanol–water partition coefficient (Wildman–Crippen LogP) is 4.62. The van der Waals surface area contributed by atoms with Crippen molar-refractivity contribution >= 4 is 34.7 Å². The normalized spacial score (nSPS) is 17.1. The van der Waals surface area contributed by atoms with Gasteiger partial charge in [0.15, 0.2) is 0 Å². The zero-order chi connectivity index (χ0) is 24.4. The summed E-state index contributed by atoms with van der Waals surface area (Å²) in [5.41, 5.74) is 4.35. The second kappa shape index (κ2) is 10.0. The van der Waals surface area contributed by atoms with E-state index < -0.39 is 0 Å². The van der Waals surface area contributed by atoms with Crippen molar-refractivity contribution in [2.24, 2.45) is 0 Å². The maximum Gasteiger partial charge on any atom is 0.259 e. The van der Waals surface area contributed by atoms with Gasteiger partial charge in [-0.1, -0.05) is 48.5 Å². The van der Waals surface area contributed by atoms with Gasteiger partial charge in [0, 0.05) is 30.0 Å². The molecule has 0 aliphatic carbocycles. The minimum atomic E-state index is -0.324. The fourth-order valence-corrected chi connectivity index (χ4v) is 5.67. The molecular weight excluding hydrogens is 438 g/mol. The molecule has 0 spiro atoms. The summed E-state index contributed by atoms with van der Waals surface area (Å²) in [6.45, 7) is 5.07. The molecule has 6 heteroatoms. The topological polar surface area (TPSA) is 69.7 Å². The van der Waals surface area contributed by atoms with Gasteiger partial charge >= 0.3 is 0 Å². The molecule has 0 aromatic heterocycles. The first kappa shape index (κ1) is 23.2. The van der Waals surface area contributed by atoms with Crippen molar-refractivity contribution in [2.75, 3.05) is 18.0 Å². The van der Waals surface area contributed by atoms with E-state index in [9.17, 15) is 14.4 Å². The minimum absolute atomic E-state index is 0.0104. The Hall–Kier alpha value is -3.51. The van der Waals surface area contributed by atoms with Crippen molar-refractivity contribution in [3.8, 4) is 0 Å². The number of hydrogen-bond donors (Lipinski definition) is 1. The van der Waals surface area contributed by atoms with Gasteiger partial charge in [0.25, 0.3) is 5.91 Å². The number of anilines is 1. The Morgan fingerprint density at radius 3 is 2.57 bits per heavy atom. The Labute approximate surface area is 205 Å². The van der Waals surface area contributed by atoms with E-state index in [1.807, 2.05) is 30.0 Å². The zero-order valence-corrected chi connectivity index (χ0v) is 20.1. The average molecular weight is 470 g/mol. The highest BCUT2D eigenvalue weighted by atomic mass is 16.2. The lowest BCUT2D eigenvalue weighted by Crippen LogP contribution is -2.36. The first-order chi connectivity index (χ1) is 17.1. The highest BCUT2D eigenvalue weighted by molar-refractivity contribution is 6.25. The lowest BCUT2D eigenvalue weighted by molar-refractivity contribution is -0.125. The molecule has 1 atom stereocenters. The number of benzene rings is 3. The Balaban J connectivity index is 1.34. The van der Waals surface area contributed by atoms with Crippen molar-refractivity contribution in [1.82, 2.24) is 10.2 Å². The second-order valence-electron chi connectivity index (χ2n) is 9.69. The summed E-state index contributed by atoms with van der Waals surface area (Å²) in [7, 11) is 0. The quantitative estimate of drug-likeness (QED) is 0.489. The summed E-state index contributed by atoms with van der Waals surface area (Å²) in [5.74, 6) is 0.138. The SMILES string of the molecule is CC(CCC(=O)NC=O)N1C(=O)c2ccc(C3CCN(Cc4ccccc4)CC3)c3cccc1c23. The number of likely N-dealkylation sites (tertiary alicyclic amines) is 1. The molecule has 5 rings (SSSR count). The van der Waals surface area contributed by atoms with Crippen LogP contribution in [0.25, 0.3) is 10.8 Å². The van der Waals surface area contributed by atoms with E-state index in [0.29, 0.717) is 18.7 Å². The third-order valence-electron chi connectivity index (χ3n) is 7.49. The Morgan fingerprint density at radius 1 is 1.06 bits per heavy atom. The van der Waals surface area contributed by atoms with Gasteiger partial charge in [0.05, 0.1) is 5.69 Å². The number of carbonyl (C=O) groups excluding carboxylic acids is 3. The van der Waals surface area contributed by atoms with Crippen LogP contribution in [0, 0.1) is 0 Å². The number of rotatable bonds is 8. The summed E-state index contributed by atoms with van der Waals surface area (Å²) in [6.07, 6.45) is 3.29. The van der Waals surface area contributed by atoms with E-state index in [0.717, 1.165) is 49.1 Å². The standard InChI is InChI=1S/C29H31N3O3/c1-20(10-13-27(34)30-19-33)32-26-9-5-8-24-23(11-12-25(28(24)26)29(32)35)22-14-16-31(17-15-22)18-21-6-3-2-4-7-21/h2-9,11-12,19-20,22H,10,13-18H2,1H3,(H,30,33,34). The Kier molecular flexibility index (Phi) is 6.64. The van der Waals surface area contributed by atoms with E-state index in [2.05, 4.69) is 52.7 Å². The molecule has 0 bridgehead atoms. The summed E-state index contributed by atoms with van der Waals surface area (Å²) in [4.78, 5) is 40.0. The number of nitrogens with zero attached hydrogens (tertiary/aromatic N) is 2. The maximum absolute atomic E-state index is 13.4. The van der Waals surface area contributed by atoms with Gasteiger partial charge in [-0.05, 0) is 73.8 Å². The molecule has 2 heterocycles. The predicted molar refractivity (Wildman–Crippen MR) is 137 cm³/mol. The maximum atomic E-state index is 13.4. The molecule has 6 nitrogen and oxygen atoms in total. The molecule has 35 heavy (non-hydrogen) atoms. The molecule has 0 radical (unpaired) electrons. The van der Waals surface area contributed by atoms with Crippen LogP contribution >= 0.6 is 0 Å². The van der Waals surface area contributed by atoms with E-state index >= 15 is 0 Å². The van der Waals surface area contributed by atoms with Crippen LogP contribution in [-0.4, -0.2) is 42.3 Å². The van der Waals surface area contributed by atoms with Crippen molar-refractivity contribution in [3.63, 3.8) is 0 Å². The van der Waals surface area contributed by atoms with Crippen molar-refractivity contribution < 1.29 is 14.4 Å². The molecule has 1 unspecified atom stereocenters. The van der Waals surface area contributed by atoms with E-state index in [4.69, 9.17) is 0 Å². The van der Waals surface area contributed by atoms with Crippen molar-refractivity contribution in [2.45, 2.75) is 51.1 Å². The first-order valence-electron chi connectivity index (χ1n) is 12.4. The van der Waals surface area contributed by atoms with Gasteiger partial charge in [-0.15, -0.1) is 0 Å². The van der Waals surface area contributed by atoms with Crippen LogP contribution < -0.4 is 10.2 Å².